The molecule has 0 unspecified atom stereocenters. The van der Waals surface area contributed by atoms with Gasteiger partial charge in [0.05, 0.1) is 6.61 Å². The van der Waals surface area contributed by atoms with Crippen LogP contribution < -0.4 is 0 Å². The molecule has 0 aliphatic carbocycles. The van der Waals surface area contributed by atoms with Crippen molar-refractivity contribution in [3.8, 4) is 0 Å². The summed E-state index contributed by atoms with van der Waals surface area (Å²) in [7, 11) is 1.55. The molecule has 3 nitrogen and oxygen atoms in total. The van der Waals surface area contributed by atoms with Gasteiger partial charge in [0.15, 0.2) is 0 Å². The third-order valence-corrected chi connectivity index (χ3v) is 0.473. The molecule has 0 aromatic heterocycles. The van der Waals surface area contributed by atoms with E-state index in [-0.39, 0.29) is 12.4 Å². The summed E-state index contributed by atoms with van der Waals surface area (Å²) < 4.78 is 8.83. The highest BCUT2D eigenvalue weighted by atomic mass is 35.5. The first-order chi connectivity index (χ1) is 3.41. The number of carbonyl (C=O) groups excluding carboxylic acids is 1. The van der Waals surface area contributed by atoms with E-state index >= 15 is 0 Å². The van der Waals surface area contributed by atoms with E-state index in [1.165, 1.54) is 0 Å². The molecule has 50 valence electrons. The van der Waals surface area contributed by atoms with Gasteiger partial charge in [-0.15, -0.1) is 12.4 Å². The molecule has 0 N–H and O–H groups in total. The first kappa shape index (κ1) is 10.7. The lowest BCUT2D eigenvalue weighted by molar-refractivity contribution is -0.129. The molecule has 0 saturated carbocycles. The zero-order chi connectivity index (χ0) is 5.54. The molecule has 0 spiro atoms. The van der Waals surface area contributed by atoms with E-state index in [0.29, 0.717) is 19.7 Å². The van der Waals surface area contributed by atoms with Gasteiger partial charge in [0.1, 0.15) is 6.61 Å². The summed E-state index contributed by atoms with van der Waals surface area (Å²) >= 11 is 0. The number of ether oxygens (including phenoxy) is 2. The second-order valence-corrected chi connectivity index (χ2v) is 0.960. The molecule has 0 aliphatic rings. The van der Waals surface area contributed by atoms with Crippen molar-refractivity contribution in [3.63, 3.8) is 0 Å². The van der Waals surface area contributed by atoms with Crippen LogP contribution in [0, 0.1) is 0 Å². The van der Waals surface area contributed by atoms with Crippen molar-refractivity contribution in [2.45, 2.75) is 0 Å². The third kappa shape index (κ3) is 9.21. The molecule has 0 fully saturated rings. The number of rotatable bonds is 4. The van der Waals surface area contributed by atoms with Crippen molar-refractivity contribution in [2.75, 3.05) is 20.3 Å². The largest absolute Gasteiger partial charge is 0.465 e. The highest BCUT2D eigenvalue weighted by molar-refractivity contribution is 5.85. The van der Waals surface area contributed by atoms with Gasteiger partial charge in [0, 0.05) is 7.11 Å². The summed E-state index contributed by atoms with van der Waals surface area (Å²) in [5.41, 5.74) is 0. The van der Waals surface area contributed by atoms with E-state index < -0.39 is 0 Å². The molecule has 0 aliphatic heterocycles. The van der Waals surface area contributed by atoms with E-state index in [1.54, 1.807) is 7.11 Å². The second-order valence-electron chi connectivity index (χ2n) is 0.960. The summed E-state index contributed by atoms with van der Waals surface area (Å²) in [4.78, 5) is 9.40. The lowest BCUT2D eigenvalue weighted by Gasteiger charge is -1.92. The van der Waals surface area contributed by atoms with Crippen molar-refractivity contribution in [2.24, 2.45) is 0 Å². The molecule has 0 aromatic rings. The van der Waals surface area contributed by atoms with Crippen LogP contribution in [0.2, 0.25) is 0 Å². The zero-order valence-electron chi connectivity index (χ0n) is 4.62. The number of halogens is 1. The minimum absolute atomic E-state index is 0. The van der Waals surface area contributed by atoms with Crippen LogP contribution in [0.25, 0.3) is 0 Å². The zero-order valence-corrected chi connectivity index (χ0v) is 5.44. The van der Waals surface area contributed by atoms with Crippen molar-refractivity contribution in [1.82, 2.24) is 0 Å². The Hall–Kier alpha value is -0.280. The molecule has 0 amide bonds. The molecule has 0 radical (unpaired) electrons. The van der Waals surface area contributed by atoms with E-state index in [0.717, 1.165) is 0 Å². The minimum atomic E-state index is 0. The van der Waals surface area contributed by atoms with Crippen LogP contribution in [-0.2, 0) is 14.3 Å². The lowest BCUT2D eigenvalue weighted by Crippen LogP contribution is -1.98. The summed E-state index contributed by atoms with van der Waals surface area (Å²) in [6.45, 7) is 1.22. The Morgan fingerprint density at radius 2 is 2.12 bits per heavy atom. The average Bonchev–Trinajstić information content (AvgIpc) is 1.69. The topological polar surface area (TPSA) is 35.5 Å². The maximum atomic E-state index is 9.40. The van der Waals surface area contributed by atoms with Gasteiger partial charge in [-0.3, -0.25) is 4.79 Å². The van der Waals surface area contributed by atoms with Crippen LogP contribution in [0.4, 0.5) is 0 Å². The summed E-state index contributed by atoms with van der Waals surface area (Å²) in [6, 6.07) is 0. The van der Waals surface area contributed by atoms with Gasteiger partial charge >= 0.3 is 0 Å². The second kappa shape index (κ2) is 9.87. The summed E-state index contributed by atoms with van der Waals surface area (Å²) in [6.07, 6.45) is 0. The Balaban J connectivity index is 0. The van der Waals surface area contributed by atoms with E-state index in [2.05, 4.69) is 9.47 Å². The maximum absolute atomic E-state index is 9.40. The predicted molar refractivity (Wildman–Crippen MR) is 31.1 cm³/mol. The smallest absolute Gasteiger partial charge is 0.293 e. The fourth-order valence-corrected chi connectivity index (χ4v) is 0.180. The quantitative estimate of drug-likeness (QED) is 0.414. The normalized spacial score (nSPS) is 7.12. The third-order valence-electron chi connectivity index (χ3n) is 0.473. The first-order valence-electron chi connectivity index (χ1n) is 1.96. The monoisotopic (exact) mass is 140 g/mol. The number of hydrogen-bond donors (Lipinski definition) is 0. The molecule has 8 heavy (non-hydrogen) atoms. The van der Waals surface area contributed by atoms with Crippen LogP contribution in [0.3, 0.4) is 0 Å². The maximum Gasteiger partial charge on any atom is 0.293 e. The van der Waals surface area contributed by atoms with Crippen LogP contribution in [0.15, 0.2) is 0 Å². The van der Waals surface area contributed by atoms with Gasteiger partial charge < -0.3 is 9.47 Å². The number of carbonyl (C=O) groups is 1. The SMILES string of the molecule is COCCOC=O.Cl. The lowest BCUT2D eigenvalue weighted by atomic mass is 10.8. The fraction of sp³-hybridized carbons (Fsp3) is 0.750. The molecule has 0 rings (SSSR count). The van der Waals surface area contributed by atoms with Gasteiger partial charge in [0.2, 0.25) is 0 Å². The van der Waals surface area contributed by atoms with Crippen LogP contribution in [0.1, 0.15) is 0 Å². The molecule has 4 heteroatoms. The summed E-state index contributed by atoms with van der Waals surface area (Å²) in [5.74, 6) is 0. The van der Waals surface area contributed by atoms with Crippen LogP contribution in [0.5, 0.6) is 0 Å². The highest BCUT2D eigenvalue weighted by Gasteiger charge is 1.77. The van der Waals surface area contributed by atoms with Crippen molar-refractivity contribution in [1.29, 1.82) is 0 Å². The minimum Gasteiger partial charge on any atom is -0.465 e. The van der Waals surface area contributed by atoms with Crippen molar-refractivity contribution >= 4 is 18.9 Å². The van der Waals surface area contributed by atoms with E-state index in [1.807, 2.05) is 0 Å². The molecule has 0 heterocycles. The predicted octanol–water partition coefficient (Wildman–Crippen LogP) is 0.228. The van der Waals surface area contributed by atoms with E-state index in [4.69, 9.17) is 0 Å². The van der Waals surface area contributed by atoms with E-state index in [9.17, 15) is 4.79 Å². The van der Waals surface area contributed by atoms with Crippen LogP contribution in [-0.4, -0.2) is 26.8 Å². The molecule has 0 atom stereocenters. The summed E-state index contributed by atoms with van der Waals surface area (Å²) in [5, 5.41) is 0. The number of hydrogen-bond acceptors (Lipinski definition) is 3. The molecule has 0 saturated heterocycles. The van der Waals surface area contributed by atoms with Gasteiger partial charge in [-0.25, -0.2) is 0 Å². The Morgan fingerprint density at radius 1 is 1.50 bits per heavy atom. The highest BCUT2D eigenvalue weighted by Crippen LogP contribution is 1.66. The average molecular weight is 141 g/mol. The molecule has 0 bridgehead atoms. The van der Waals surface area contributed by atoms with Gasteiger partial charge in [-0.05, 0) is 0 Å². The molecular formula is C4H9ClO3. The van der Waals surface area contributed by atoms with Crippen LogP contribution >= 0.6 is 12.4 Å². The Bertz CT molecular complexity index is 48.5. The Kier molecular flexibility index (Phi) is 13.1. The van der Waals surface area contributed by atoms with Gasteiger partial charge in [-0.1, -0.05) is 0 Å². The van der Waals surface area contributed by atoms with Gasteiger partial charge in [0.25, 0.3) is 6.47 Å². The molecular weight excluding hydrogens is 131 g/mol. The fourth-order valence-electron chi connectivity index (χ4n) is 0.180. The standard InChI is InChI=1S/C4H8O3.ClH/c1-6-2-3-7-4-5;/h4H,2-3H2,1H3;1H. The van der Waals surface area contributed by atoms with Crippen molar-refractivity contribution < 1.29 is 14.3 Å². The van der Waals surface area contributed by atoms with Gasteiger partial charge in [-0.2, -0.15) is 0 Å². The Labute approximate surface area is 54.4 Å². The Morgan fingerprint density at radius 3 is 2.50 bits per heavy atom. The first-order valence-corrected chi connectivity index (χ1v) is 1.96. The van der Waals surface area contributed by atoms with Crippen molar-refractivity contribution in [3.05, 3.63) is 0 Å². The molecule has 0 aromatic carbocycles. The number of methoxy groups -OCH3 is 1.